The number of nitrogens with one attached hydrogen (secondary N) is 1. The fourth-order valence-electron chi connectivity index (χ4n) is 3.05. The second-order valence-corrected chi connectivity index (χ2v) is 5.73. The number of hydrogen-bond donors (Lipinski definition) is 2. The van der Waals surface area contributed by atoms with Crippen LogP contribution in [0.25, 0.3) is 0 Å². The van der Waals surface area contributed by atoms with Crippen LogP contribution in [0.5, 0.6) is 0 Å². The number of hydrogen-bond acceptors (Lipinski definition) is 6. The Morgan fingerprint density at radius 2 is 2.18 bits per heavy atom. The summed E-state index contributed by atoms with van der Waals surface area (Å²) in [6.45, 7) is 5.84. The Bertz CT molecular complexity index is 479. The summed E-state index contributed by atoms with van der Waals surface area (Å²) in [7, 11) is 0. The lowest BCUT2D eigenvalue weighted by molar-refractivity contribution is -0.151. The van der Waals surface area contributed by atoms with Crippen molar-refractivity contribution >= 4 is 18.3 Å². The van der Waals surface area contributed by atoms with E-state index in [9.17, 15) is 19.5 Å². The van der Waals surface area contributed by atoms with E-state index in [1.807, 2.05) is 0 Å². The molecule has 7 heteroatoms. The lowest BCUT2D eigenvalue weighted by Crippen LogP contribution is -2.49. The van der Waals surface area contributed by atoms with Crippen molar-refractivity contribution in [1.29, 1.82) is 0 Å². The maximum absolute atomic E-state index is 12.4. The predicted octanol–water partition coefficient (Wildman–Crippen LogP) is -0.0771. The Balaban J connectivity index is 2.07. The number of carbonyl (C=O) groups is 3. The van der Waals surface area contributed by atoms with Crippen LogP contribution in [-0.2, 0) is 23.9 Å². The first-order chi connectivity index (χ1) is 10.5. The molecular formula is C15H21NO6. The first kappa shape index (κ1) is 16.5. The summed E-state index contributed by atoms with van der Waals surface area (Å²) >= 11 is 0. The molecule has 0 bridgehead atoms. The van der Waals surface area contributed by atoms with Crippen molar-refractivity contribution in [3.05, 3.63) is 12.7 Å². The van der Waals surface area contributed by atoms with Crippen LogP contribution in [0.1, 0.15) is 26.2 Å². The van der Waals surface area contributed by atoms with Gasteiger partial charge in [0.2, 0.25) is 5.91 Å². The normalized spacial score (nSPS) is 36.3. The molecule has 0 heterocycles. The van der Waals surface area contributed by atoms with E-state index < -0.39 is 35.5 Å². The van der Waals surface area contributed by atoms with Gasteiger partial charge in [0, 0.05) is 12.3 Å². The molecule has 0 unspecified atom stereocenters. The molecule has 2 fully saturated rings. The summed E-state index contributed by atoms with van der Waals surface area (Å²) in [6.07, 6.45) is 1.09. The third kappa shape index (κ3) is 2.99. The molecule has 0 spiro atoms. The topological polar surface area (TPSA) is 102 Å². The van der Waals surface area contributed by atoms with Gasteiger partial charge < -0.3 is 19.9 Å². The average molecular weight is 311 g/mol. The van der Waals surface area contributed by atoms with Gasteiger partial charge in [0.05, 0.1) is 18.6 Å². The molecular weight excluding hydrogens is 290 g/mol. The van der Waals surface area contributed by atoms with Gasteiger partial charge in [-0.2, -0.15) is 0 Å². The first-order valence-electron chi connectivity index (χ1n) is 7.37. The summed E-state index contributed by atoms with van der Waals surface area (Å²) in [5.41, 5.74) is -1.08. The summed E-state index contributed by atoms with van der Waals surface area (Å²) in [5, 5.41) is 12.4. The van der Waals surface area contributed by atoms with E-state index in [1.165, 1.54) is 0 Å². The second-order valence-electron chi connectivity index (χ2n) is 5.73. The van der Waals surface area contributed by atoms with Crippen LogP contribution in [-0.4, -0.2) is 47.8 Å². The van der Waals surface area contributed by atoms with Crippen LogP contribution in [0.3, 0.4) is 0 Å². The van der Waals surface area contributed by atoms with Crippen molar-refractivity contribution in [2.24, 2.45) is 11.8 Å². The molecule has 0 aromatic heterocycles. The quantitative estimate of drug-likeness (QED) is 0.387. The van der Waals surface area contributed by atoms with Crippen LogP contribution >= 0.6 is 0 Å². The van der Waals surface area contributed by atoms with E-state index in [-0.39, 0.29) is 31.8 Å². The fraction of sp³-hybridized carbons (Fsp3) is 0.667. The summed E-state index contributed by atoms with van der Waals surface area (Å²) < 4.78 is 9.89. The van der Waals surface area contributed by atoms with E-state index in [1.54, 1.807) is 13.0 Å². The molecule has 0 aromatic carbocycles. The molecule has 0 aromatic rings. The Hall–Kier alpha value is -1.89. The predicted molar refractivity (Wildman–Crippen MR) is 75.5 cm³/mol. The Kier molecular flexibility index (Phi) is 4.85. The fourth-order valence-corrected chi connectivity index (χ4v) is 3.05. The zero-order chi connectivity index (χ0) is 16.3. The first-order valence-corrected chi connectivity index (χ1v) is 7.37. The van der Waals surface area contributed by atoms with Crippen molar-refractivity contribution in [2.75, 3.05) is 6.61 Å². The maximum Gasteiger partial charge on any atom is 0.332 e. The molecule has 0 saturated heterocycles. The molecule has 2 saturated carbocycles. The van der Waals surface area contributed by atoms with Gasteiger partial charge in [-0.25, -0.2) is 4.79 Å². The molecule has 7 nitrogen and oxygen atoms in total. The maximum atomic E-state index is 12.4. The summed E-state index contributed by atoms with van der Waals surface area (Å²) in [4.78, 5) is 35.0. The van der Waals surface area contributed by atoms with Gasteiger partial charge in [-0.15, -0.1) is 6.58 Å². The standard InChI is InChI=1S/C15H21NO6/c1-3-9-7-15(9,14(20)21-4-2)16-13(19)11-5-10(18)6-12(11)22-8-17/h3,8-12,18H,1,4-7H2,2H3,(H,16,19)/t9-,10+,11-,12-,15-/m1/s1. The zero-order valence-corrected chi connectivity index (χ0v) is 12.5. The van der Waals surface area contributed by atoms with Gasteiger partial charge in [0.15, 0.2) is 0 Å². The summed E-state index contributed by atoms with van der Waals surface area (Å²) in [6, 6.07) is 0. The Morgan fingerprint density at radius 3 is 2.73 bits per heavy atom. The van der Waals surface area contributed by atoms with E-state index in [4.69, 9.17) is 9.47 Å². The molecule has 2 rings (SSSR count). The van der Waals surface area contributed by atoms with Crippen LogP contribution in [0.2, 0.25) is 0 Å². The van der Waals surface area contributed by atoms with Crippen molar-refractivity contribution < 1.29 is 29.0 Å². The second kappa shape index (κ2) is 6.48. The number of esters is 1. The molecule has 0 radical (unpaired) electrons. The molecule has 1 amide bonds. The highest BCUT2D eigenvalue weighted by Gasteiger charge is 2.61. The molecule has 122 valence electrons. The summed E-state index contributed by atoms with van der Waals surface area (Å²) in [5.74, 6) is -1.75. The number of amides is 1. The number of aliphatic hydroxyl groups excluding tert-OH is 1. The van der Waals surface area contributed by atoms with E-state index >= 15 is 0 Å². The van der Waals surface area contributed by atoms with Crippen molar-refractivity contribution in [3.8, 4) is 0 Å². The van der Waals surface area contributed by atoms with Gasteiger partial charge in [-0.05, 0) is 19.8 Å². The average Bonchev–Trinajstić information content (AvgIpc) is 3.07. The monoisotopic (exact) mass is 311 g/mol. The molecule has 0 aliphatic heterocycles. The van der Waals surface area contributed by atoms with Crippen LogP contribution in [0.15, 0.2) is 12.7 Å². The lowest BCUT2D eigenvalue weighted by Gasteiger charge is -2.22. The van der Waals surface area contributed by atoms with Crippen molar-refractivity contribution in [2.45, 2.75) is 43.9 Å². The van der Waals surface area contributed by atoms with Gasteiger partial charge in [-0.3, -0.25) is 9.59 Å². The van der Waals surface area contributed by atoms with Crippen LogP contribution in [0.4, 0.5) is 0 Å². The largest absolute Gasteiger partial charge is 0.464 e. The molecule has 2 N–H and O–H groups in total. The molecule has 22 heavy (non-hydrogen) atoms. The third-order valence-corrected chi connectivity index (χ3v) is 4.33. The Morgan fingerprint density at radius 1 is 1.45 bits per heavy atom. The van der Waals surface area contributed by atoms with Crippen LogP contribution < -0.4 is 5.32 Å². The number of aliphatic hydroxyl groups is 1. The Labute approximate surface area is 128 Å². The highest BCUT2D eigenvalue weighted by molar-refractivity contribution is 5.93. The third-order valence-electron chi connectivity index (χ3n) is 4.33. The SMILES string of the molecule is C=C[C@@H]1C[C@]1(NC(=O)[C@@H]1C[C@H](O)C[C@H]1OC=O)C(=O)OCC. The van der Waals surface area contributed by atoms with Gasteiger partial charge in [0.1, 0.15) is 11.6 Å². The lowest BCUT2D eigenvalue weighted by atomic mass is 10.0. The smallest absolute Gasteiger partial charge is 0.332 e. The van der Waals surface area contributed by atoms with Crippen molar-refractivity contribution in [1.82, 2.24) is 5.32 Å². The van der Waals surface area contributed by atoms with E-state index in [0.717, 1.165) is 0 Å². The molecule has 2 aliphatic rings. The van der Waals surface area contributed by atoms with E-state index in [0.29, 0.717) is 6.42 Å². The van der Waals surface area contributed by atoms with Gasteiger partial charge in [0.25, 0.3) is 6.47 Å². The highest BCUT2D eigenvalue weighted by atomic mass is 16.5. The van der Waals surface area contributed by atoms with Crippen LogP contribution in [0, 0.1) is 11.8 Å². The van der Waals surface area contributed by atoms with Gasteiger partial charge >= 0.3 is 5.97 Å². The molecule has 5 atom stereocenters. The minimum atomic E-state index is -1.08. The van der Waals surface area contributed by atoms with E-state index in [2.05, 4.69) is 11.9 Å². The number of carbonyl (C=O) groups excluding carboxylic acids is 3. The highest BCUT2D eigenvalue weighted by Crippen LogP contribution is 2.46. The van der Waals surface area contributed by atoms with Crippen molar-refractivity contribution in [3.63, 3.8) is 0 Å². The minimum absolute atomic E-state index is 0.174. The van der Waals surface area contributed by atoms with Gasteiger partial charge in [-0.1, -0.05) is 6.08 Å². The minimum Gasteiger partial charge on any atom is -0.464 e. The zero-order valence-electron chi connectivity index (χ0n) is 12.5. The number of ether oxygens (including phenoxy) is 2. The number of rotatable bonds is 7. The molecule has 2 aliphatic carbocycles.